The molecule has 1 aromatic rings. The summed E-state index contributed by atoms with van der Waals surface area (Å²) in [7, 11) is 0. The number of nitrogens with zero attached hydrogens (tertiary/aromatic N) is 2. The largest absolute Gasteiger partial charge is 0.613 e. The van der Waals surface area contributed by atoms with Gasteiger partial charge >= 0.3 is 0 Å². The normalized spacial score (nSPS) is 6.62. The van der Waals surface area contributed by atoms with Crippen LogP contribution in [0.4, 0.5) is 0 Å². The van der Waals surface area contributed by atoms with Crippen molar-refractivity contribution < 1.29 is 41.3 Å². The Morgan fingerprint density at radius 3 is 2.38 bits per heavy atom. The Bertz CT molecular complexity index is 118. The summed E-state index contributed by atoms with van der Waals surface area (Å²) < 4.78 is 4.49. The Hall–Kier alpha value is 0.374. The topological polar surface area (TPSA) is 38.9 Å². The zero-order valence-corrected chi connectivity index (χ0v) is 6.36. The summed E-state index contributed by atoms with van der Waals surface area (Å²) >= 11 is 0. The van der Waals surface area contributed by atoms with Gasteiger partial charge in [-0.15, -0.1) is 0 Å². The molecule has 1 heterocycles. The Kier molecular flexibility index (Phi) is 7.72. The van der Waals surface area contributed by atoms with Crippen molar-refractivity contribution in [3.05, 3.63) is 19.7 Å². The predicted octanol–water partition coefficient (Wildman–Crippen LogP) is 0.628. The van der Waals surface area contributed by atoms with Gasteiger partial charge in [0.05, 0.1) is 12.3 Å². The molecule has 1 radical (unpaired) electrons. The van der Waals surface area contributed by atoms with Gasteiger partial charge in [0, 0.05) is 36.9 Å². The summed E-state index contributed by atoms with van der Waals surface area (Å²) in [5, 5.41) is 6.72. The van der Waals surface area contributed by atoms with E-state index in [1.807, 2.05) is 0 Å². The van der Waals surface area contributed by atoms with Crippen molar-refractivity contribution in [1.29, 1.82) is 0 Å². The maximum atomic E-state index is 4.49. The van der Waals surface area contributed by atoms with Crippen LogP contribution < -0.4 is 0 Å². The van der Waals surface area contributed by atoms with Crippen LogP contribution >= 0.6 is 0 Å². The number of aromatic nitrogens is 2. The molecule has 0 spiro atoms. The van der Waals surface area contributed by atoms with E-state index in [9.17, 15) is 0 Å². The van der Waals surface area contributed by atoms with Crippen molar-refractivity contribution in [2.75, 3.05) is 0 Å². The SMILES string of the molecule is Cc1nn[c-]o1.[CH3-].[Tm]. The quantitative estimate of drug-likeness (QED) is 0.647. The van der Waals surface area contributed by atoms with Crippen LogP contribution in [0.15, 0.2) is 4.42 Å². The first-order chi connectivity index (χ1) is 2.89. The van der Waals surface area contributed by atoms with Crippen molar-refractivity contribution in [2.45, 2.75) is 6.92 Å². The Balaban J connectivity index is 0. The van der Waals surface area contributed by atoms with Gasteiger partial charge in [-0.25, -0.2) is 10.2 Å². The van der Waals surface area contributed by atoms with Crippen LogP contribution in [0.3, 0.4) is 0 Å². The summed E-state index contributed by atoms with van der Waals surface area (Å²) in [6.07, 6.45) is 2.19. The fourth-order valence-corrected chi connectivity index (χ4v) is 0.198. The molecule has 0 fully saturated rings. The molecule has 0 saturated carbocycles. The molecule has 0 N–H and O–H groups in total. The van der Waals surface area contributed by atoms with Gasteiger partial charge in [0.25, 0.3) is 0 Å². The van der Waals surface area contributed by atoms with E-state index in [4.69, 9.17) is 0 Å². The Morgan fingerprint density at radius 2 is 2.25 bits per heavy atom. The average molecular weight is 267 g/mol. The minimum absolute atomic E-state index is 0. The number of hydrogen-bond donors (Lipinski definition) is 0. The van der Waals surface area contributed by atoms with Crippen LogP contribution in [-0.2, 0) is 0 Å². The smallest absolute Gasteiger partial charge is 0.0550 e. The van der Waals surface area contributed by atoms with Crippen molar-refractivity contribution in [3.63, 3.8) is 0 Å². The first-order valence-corrected chi connectivity index (χ1v) is 1.56. The molecule has 1 aromatic heterocycles. The molecule has 0 unspecified atom stereocenters. The van der Waals surface area contributed by atoms with E-state index in [-0.39, 0.29) is 44.3 Å². The van der Waals surface area contributed by atoms with Crippen LogP contribution in [0.5, 0.6) is 0 Å². The van der Waals surface area contributed by atoms with E-state index in [0.29, 0.717) is 5.89 Å². The fourth-order valence-electron chi connectivity index (χ4n) is 0.198. The fraction of sp³-hybridized carbons (Fsp3) is 0.250. The van der Waals surface area contributed by atoms with Crippen molar-refractivity contribution in [1.82, 2.24) is 10.2 Å². The molecule has 0 saturated heterocycles. The molecule has 8 heavy (non-hydrogen) atoms. The minimum Gasteiger partial charge on any atom is -0.613 e. The molecular formula is C4H6N2OTm-2. The van der Waals surface area contributed by atoms with Crippen LogP contribution in [0.25, 0.3) is 0 Å². The first kappa shape index (κ1) is 11.2. The molecule has 0 aliphatic rings. The number of aryl methyl sites for hydroxylation is 1. The third-order valence-electron chi connectivity index (χ3n) is 0.425. The molecule has 4 heteroatoms. The summed E-state index contributed by atoms with van der Waals surface area (Å²) in [5.74, 6) is 0.551. The Morgan fingerprint density at radius 1 is 1.62 bits per heavy atom. The van der Waals surface area contributed by atoms with Crippen molar-refractivity contribution >= 4 is 0 Å². The molecule has 0 aliphatic heterocycles. The number of hydrogen-bond acceptors (Lipinski definition) is 3. The van der Waals surface area contributed by atoms with Gasteiger partial charge < -0.3 is 11.8 Å². The standard InChI is InChI=1S/C3H3N2O.CH3.Tm/c1-3-5-4-2-6-3;;/h1H3;1H3;/q2*-1;. The van der Waals surface area contributed by atoms with Gasteiger partial charge in [-0.2, -0.15) is 0 Å². The zero-order chi connectivity index (χ0) is 4.41. The first-order valence-electron chi connectivity index (χ1n) is 1.56. The molecule has 0 atom stereocenters. The van der Waals surface area contributed by atoms with Crippen LogP contribution in [0.2, 0.25) is 0 Å². The molecule has 0 aromatic carbocycles. The van der Waals surface area contributed by atoms with Crippen molar-refractivity contribution in [3.8, 4) is 0 Å². The van der Waals surface area contributed by atoms with Gasteiger partial charge in [-0.05, 0) is 0 Å². The van der Waals surface area contributed by atoms with Gasteiger partial charge in [0.15, 0.2) is 0 Å². The van der Waals surface area contributed by atoms with Crippen LogP contribution in [0, 0.1) is 57.6 Å². The van der Waals surface area contributed by atoms with Crippen LogP contribution in [-0.4, -0.2) is 10.2 Å². The molecule has 0 bridgehead atoms. The second kappa shape index (κ2) is 5.51. The number of rotatable bonds is 0. The molecule has 0 aliphatic carbocycles. The van der Waals surface area contributed by atoms with Gasteiger partial charge in [-0.1, -0.05) is 6.92 Å². The third kappa shape index (κ3) is 3.39. The minimum atomic E-state index is 0. The molecular weight excluding hydrogens is 261 g/mol. The monoisotopic (exact) mass is 267 g/mol. The van der Waals surface area contributed by atoms with E-state index in [0.717, 1.165) is 0 Å². The molecule has 3 nitrogen and oxygen atoms in total. The second-order valence-electron chi connectivity index (χ2n) is 0.912. The average Bonchev–Trinajstić information content (AvgIpc) is 1.86. The zero-order valence-electron chi connectivity index (χ0n) is 4.58. The van der Waals surface area contributed by atoms with E-state index >= 15 is 0 Å². The molecule has 1 rings (SSSR count). The van der Waals surface area contributed by atoms with Gasteiger partial charge in [-0.3, -0.25) is 0 Å². The van der Waals surface area contributed by atoms with Crippen LogP contribution in [0.1, 0.15) is 5.89 Å². The van der Waals surface area contributed by atoms with Gasteiger partial charge in [0.1, 0.15) is 0 Å². The summed E-state index contributed by atoms with van der Waals surface area (Å²) in [4.78, 5) is 0. The Labute approximate surface area is 77.7 Å². The van der Waals surface area contributed by atoms with E-state index in [1.165, 1.54) is 0 Å². The summed E-state index contributed by atoms with van der Waals surface area (Å²) in [5.41, 5.74) is 0. The van der Waals surface area contributed by atoms with Crippen molar-refractivity contribution in [2.24, 2.45) is 0 Å². The molecule has 0 amide bonds. The summed E-state index contributed by atoms with van der Waals surface area (Å²) in [6.45, 7) is 1.71. The third-order valence-corrected chi connectivity index (χ3v) is 0.425. The van der Waals surface area contributed by atoms with E-state index in [1.54, 1.807) is 6.92 Å². The van der Waals surface area contributed by atoms with Gasteiger partial charge in [0.2, 0.25) is 0 Å². The van der Waals surface area contributed by atoms with E-state index in [2.05, 4.69) is 21.0 Å². The second-order valence-corrected chi connectivity index (χ2v) is 0.912. The summed E-state index contributed by atoms with van der Waals surface area (Å²) in [6, 6.07) is 0. The van der Waals surface area contributed by atoms with E-state index < -0.39 is 0 Å². The maximum absolute atomic E-state index is 4.49. The maximum Gasteiger partial charge on any atom is 0.0550 e. The predicted molar refractivity (Wildman–Crippen MR) is 24.3 cm³/mol. The molecule has 53 valence electrons.